The topological polar surface area (TPSA) is 40.5 Å². The van der Waals surface area contributed by atoms with E-state index in [9.17, 15) is 4.79 Å². The molecule has 2 rings (SSSR count). The minimum atomic E-state index is -0.687. The molecule has 104 valence electrons. The number of carboxylic acids is 1. The Hall–Kier alpha value is -1.35. The maximum Gasteiger partial charge on any atom is 0.303 e. The molecule has 0 aliphatic carbocycles. The summed E-state index contributed by atoms with van der Waals surface area (Å²) < 4.78 is 0. The lowest BCUT2D eigenvalue weighted by atomic mass is 9.93. The van der Waals surface area contributed by atoms with Crippen LogP contribution in [0, 0.1) is 5.92 Å². The van der Waals surface area contributed by atoms with Gasteiger partial charge in [-0.15, -0.1) is 0 Å². The van der Waals surface area contributed by atoms with E-state index in [1.54, 1.807) is 0 Å². The molecule has 0 amide bonds. The molecule has 1 aliphatic rings. The Balaban J connectivity index is 1.80. The summed E-state index contributed by atoms with van der Waals surface area (Å²) in [5.41, 5.74) is 1.41. The highest BCUT2D eigenvalue weighted by molar-refractivity contribution is 5.66. The Kier molecular flexibility index (Phi) is 4.97. The molecule has 1 aromatic rings. The zero-order valence-electron chi connectivity index (χ0n) is 11.6. The molecule has 0 saturated carbocycles. The smallest absolute Gasteiger partial charge is 0.303 e. The van der Waals surface area contributed by atoms with Crippen LogP contribution in [-0.4, -0.2) is 35.1 Å². The van der Waals surface area contributed by atoms with E-state index in [0.29, 0.717) is 12.0 Å². The first kappa shape index (κ1) is 14.1. The average Bonchev–Trinajstić information content (AvgIpc) is 2.72. The summed E-state index contributed by atoms with van der Waals surface area (Å²) in [5.74, 6) is 0.0138. The van der Waals surface area contributed by atoms with E-state index in [1.807, 2.05) is 0 Å². The minimum absolute atomic E-state index is 0.284. The number of rotatable bonds is 6. The molecule has 3 heteroatoms. The highest BCUT2D eigenvalue weighted by Gasteiger charge is 2.30. The van der Waals surface area contributed by atoms with Crippen molar-refractivity contribution in [1.82, 2.24) is 4.90 Å². The van der Waals surface area contributed by atoms with Gasteiger partial charge in [0.15, 0.2) is 0 Å². The van der Waals surface area contributed by atoms with Crippen molar-refractivity contribution >= 4 is 5.97 Å². The van der Waals surface area contributed by atoms with Crippen LogP contribution >= 0.6 is 0 Å². The lowest BCUT2D eigenvalue weighted by molar-refractivity contribution is -0.137. The van der Waals surface area contributed by atoms with Gasteiger partial charge >= 0.3 is 5.97 Å². The van der Waals surface area contributed by atoms with Crippen LogP contribution < -0.4 is 0 Å². The average molecular weight is 261 g/mol. The predicted molar refractivity (Wildman–Crippen MR) is 76.2 cm³/mol. The second-order valence-electron chi connectivity index (χ2n) is 5.51. The van der Waals surface area contributed by atoms with Gasteiger partial charge in [0.05, 0.1) is 0 Å². The van der Waals surface area contributed by atoms with E-state index in [4.69, 9.17) is 5.11 Å². The second kappa shape index (κ2) is 6.71. The van der Waals surface area contributed by atoms with Crippen LogP contribution in [0.4, 0.5) is 0 Å². The fourth-order valence-corrected chi connectivity index (χ4v) is 3.01. The standard InChI is InChI=1S/C16H23NO2/c1-13-15(12-14-6-3-2-4-7-14)9-11-17(13)10-5-8-16(18)19/h2-4,6-7,13,15H,5,8-12H2,1H3,(H,18,19)/t13-,15-/m1/s1. The number of hydrogen-bond acceptors (Lipinski definition) is 2. The molecule has 0 aromatic heterocycles. The van der Waals surface area contributed by atoms with E-state index >= 15 is 0 Å². The first-order valence-electron chi connectivity index (χ1n) is 7.16. The van der Waals surface area contributed by atoms with Gasteiger partial charge in [0.25, 0.3) is 0 Å². The molecular formula is C16H23NO2. The fraction of sp³-hybridized carbons (Fsp3) is 0.562. The van der Waals surface area contributed by atoms with Gasteiger partial charge in [-0.2, -0.15) is 0 Å². The summed E-state index contributed by atoms with van der Waals surface area (Å²) in [5, 5.41) is 8.68. The molecule has 2 atom stereocenters. The normalized spacial score (nSPS) is 23.6. The monoisotopic (exact) mass is 261 g/mol. The summed E-state index contributed by atoms with van der Waals surface area (Å²) >= 11 is 0. The quantitative estimate of drug-likeness (QED) is 0.856. The molecule has 0 unspecified atom stereocenters. The molecule has 1 heterocycles. The first-order valence-corrected chi connectivity index (χ1v) is 7.16. The molecular weight excluding hydrogens is 238 g/mol. The lowest BCUT2D eigenvalue weighted by Gasteiger charge is -2.24. The molecule has 1 saturated heterocycles. The van der Waals surface area contributed by atoms with E-state index in [-0.39, 0.29) is 6.42 Å². The van der Waals surface area contributed by atoms with Crippen LogP contribution in [0.5, 0.6) is 0 Å². The number of nitrogens with zero attached hydrogens (tertiary/aromatic N) is 1. The Morgan fingerprint density at radius 2 is 2.11 bits per heavy atom. The van der Waals surface area contributed by atoms with Gasteiger partial charge in [-0.1, -0.05) is 30.3 Å². The largest absolute Gasteiger partial charge is 0.481 e. The van der Waals surface area contributed by atoms with Crippen LogP contribution in [0.1, 0.15) is 31.7 Å². The summed E-state index contributed by atoms with van der Waals surface area (Å²) in [6.45, 7) is 4.30. The summed E-state index contributed by atoms with van der Waals surface area (Å²) in [6.07, 6.45) is 3.41. The maximum atomic E-state index is 10.5. The number of benzene rings is 1. The van der Waals surface area contributed by atoms with Crippen molar-refractivity contribution < 1.29 is 9.90 Å². The maximum absolute atomic E-state index is 10.5. The van der Waals surface area contributed by atoms with Gasteiger partial charge in [0, 0.05) is 12.5 Å². The highest BCUT2D eigenvalue weighted by atomic mass is 16.4. The van der Waals surface area contributed by atoms with Crippen molar-refractivity contribution in [3.63, 3.8) is 0 Å². The van der Waals surface area contributed by atoms with Crippen LogP contribution in [0.25, 0.3) is 0 Å². The Bertz CT molecular complexity index is 404. The van der Waals surface area contributed by atoms with E-state index in [0.717, 1.165) is 25.9 Å². The molecule has 3 nitrogen and oxygen atoms in total. The minimum Gasteiger partial charge on any atom is -0.481 e. The predicted octanol–water partition coefficient (Wildman–Crippen LogP) is 2.80. The number of aliphatic carboxylic acids is 1. The molecule has 1 N–H and O–H groups in total. The third-order valence-electron chi connectivity index (χ3n) is 4.22. The number of carbonyl (C=O) groups is 1. The number of likely N-dealkylation sites (tertiary alicyclic amines) is 1. The lowest BCUT2D eigenvalue weighted by Crippen LogP contribution is -2.31. The van der Waals surface area contributed by atoms with Gasteiger partial charge in [-0.05, 0) is 50.8 Å². The Labute approximate surface area is 115 Å². The van der Waals surface area contributed by atoms with Crippen molar-refractivity contribution in [3.8, 4) is 0 Å². The van der Waals surface area contributed by atoms with Crippen LogP contribution in [0.15, 0.2) is 30.3 Å². The van der Waals surface area contributed by atoms with Gasteiger partial charge in [0.1, 0.15) is 0 Å². The van der Waals surface area contributed by atoms with Crippen LogP contribution in [-0.2, 0) is 11.2 Å². The Morgan fingerprint density at radius 3 is 2.79 bits per heavy atom. The SMILES string of the molecule is C[C@@H]1[C@@H](Cc2ccccc2)CCN1CCCC(=O)O. The molecule has 0 bridgehead atoms. The second-order valence-corrected chi connectivity index (χ2v) is 5.51. The molecule has 0 spiro atoms. The van der Waals surface area contributed by atoms with Crippen molar-refractivity contribution in [2.24, 2.45) is 5.92 Å². The highest BCUT2D eigenvalue weighted by Crippen LogP contribution is 2.27. The molecule has 0 radical (unpaired) electrons. The van der Waals surface area contributed by atoms with Crippen molar-refractivity contribution in [3.05, 3.63) is 35.9 Å². The van der Waals surface area contributed by atoms with Crippen molar-refractivity contribution in [1.29, 1.82) is 0 Å². The van der Waals surface area contributed by atoms with Crippen LogP contribution in [0.2, 0.25) is 0 Å². The van der Waals surface area contributed by atoms with E-state index < -0.39 is 5.97 Å². The summed E-state index contributed by atoms with van der Waals surface area (Å²) in [4.78, 5) is 13.0. The third-order valence-corrected chi connectivity index (χ3v) is 4.22. The van der Waals surface area contributed by atoms with Crippen molar-refractivity contribution in [2.45, 2.75) is 38.6 Å². The van der Waals surface area contributed by atoms with Gasteiger partial charge < -0.3 is 10.0 Å². The summed E-state index contributed by atoms with van der Waals surface area (Å²) in [6, 6.07) is 11.2. The van der Waals surface area contributed by atoms with Gasteiger partial charge in [-0.25, -0.2) is 0 Å². The van der Waals surface area contributed by atoms with Gasteiger partial charge in [0.2, 0.25) is 0 Å². The molecule has 1 fully saturated rings. The number of hydrogen-bond donors (Lipinski definition) is 1. The molecule has 19 heavy (non-hydrogen) atoms. The van der Waals surface area contributed by atoms with Gasteiger partial charge in [-0.3, -0.25) is 4.79 Å². The fourth-order valence-electron chi connectivity index (χ4n) is 3.01. The molecule has 1 aromatic carbocycles. The molecule has 1 aliphatic heterocycles. The zero-order chi connectivity index (χ0) is 13.7. The van der Waals surface area contributed by atoms with Crippen LogP contribution in [0.3, 0.4) is 0 Å². The zero-order valence-corrected chi connectivity index (χ0v) is 11.6. The number of carboxylic acid groups (broad SMARTS) is 1. The first-order chi connectivity index (χ1) is 9.16. The third kappa shape index (κ3) is 4.06. The Morgan fingerprint density at radius 1 is 1.37 bits per heavy atom. The van der Waals surface area contributed by atoms with Crippen molar-refractivity contribution in [2.75, 3.05) is 13.1 Å². The van der Waals surface area contributed by atoms with E-state index in [1.165, 1.54) is 12.0 Å². The summed E-state index contributed by atoms with van der Waals surface area (Å²) in [7, 11) is 0. The van der Waals surface area contributed by atoms with E-state index in [2.05, 4.69) is 42.2 Å².